The van der Waals surface area contributed by atoms with Crippen LogP contribution in [0.2, 0.25) is 0 Å². The fourth-order valence-electron chi connectivity index (χ4n) is 4.97. The molecule has 12 nitrogen and oxygen atoms in total. The van der Waals surface area contributed by atoms with Crippen molar-refractivity contribution >= 4 is 29.3 Å². The van der Waals surface area contributed by atoms with E-state index in [1.165, 1.54) is 44.3 Å². The van der Waals surface area contributed by atoms with Crippen LogP contribution in [-0.2, 0) is 25.6 Å². The van der Waals surface area contributed by atoms with Crippen molar-refractivity contribution in [1.29, 1.82) is 0 Å². The van der Waals surface area contributed by atoms with Gasteiger partial charge in [-0.2, -0.15) is 0 Å². The molecule has 226 valence electrons. The largest absolute Gasteiger partial charge is 0.493 e. The molecule has 2 unspecified atom stereocenters. The van der Waals surface area contributed by atoms with Gasteiger partial charge in [0.15, 0.2) is 17.3 Å². The standard InChI is InChI=1S/C30H37N3O9/c1-17(2)26-28(36)33(16-23(35)21(30(31,39)29(37)38)12-19-10-8-7-9-11-19)22(15-32(26)18(3)34)20-13-24(40-4)27(42-6)25(14-20)41-5/h7-11,13-15,17,21,26,39H,12,16,31H2,1-6H3,(H,37,38)/t21-,26?,30?/m1/s1. The first-order valence-corrected chi connectivity index (χ1v) is 13.2. The second-order valence-corrected chi connectivity index (χ2v) is 10.3. The molecule has 0 spiro atoms. The van der Waals surface area contributed by atoms with E-state index in [0.29, 0.717) is 11.1 Å². The smallest absolute Gasteiger partial charge is 0.351 e. The van der Waals surface area contributed by atoms with Crippen molar-refractivity contribution in [3.63, 3.8) is 0 Å². The van der Waals surface area contributed by atoms with Crippen molar-refractivity contribution in [2.75, 3.05) is 27.9 Å². The van der Waals surface area contributed by atoms with Crippen LogP contribution in [0.4, 0.5) is 0 Å². The Balaban J connectivity index is 2.19. The van der Waals surface area contributed by atoms with E-state index in [4.69, 9.17) is 19.9 Å². The number of ketones is 1. The zero-order valence-electron chi connectivity index (χ0n) is 24.5. The Morgan fingerprint density at radius 3 is 2.05 bits per heavy atom. The van der Waals surface area contributed by atoms with E-state index in [2.05, 4.69) is 0 Å². The maximum absolute atomic E-state index is 14.0. The first-order valence-electron chi connectivity index (χ1n) is 13.2. The average Bonchev–Trinajstić information content (AvgIpc) is 2.95. The minimum Gasteiger partial charge on any atom is -0.493 e. The number of nitrogens with zero attached hydrogens (tertiary/aromatic N) is 2. The molecule has 2 amide bonds. The molecule has 1 aliphatic heterocycles. The van der Waals surface area contributed by atoms with Gasteiger partial charge in [0, 0.05) is 18.7 Å². The van der Waals surface area contributed by atoms with Crippen molar-refractivity contribution in [2.24, 2.45) is 17.6 Å². The molecule has 0 saturated carbocycles. The summed E-state index contributed by atoms with van der Waals surface area (Å²) in [5.41, 5.74) is 3.93. The lowest BCUT2D eigenvalue weighted by Gasteiger charge is -2.41. The molecule has 1 heterocycles. The van der Waals surface area contributed by atoms with Gasteiger partial charge in [-0.3, -0.25) is 20.1 Å². The number of benzene rings is 2. The van der Waals surface area contributed by atoms with Crippen LogP contribution < -0.4 is 19.9 Å². The van der Waals surface area contributed by atoms with Crippen LogP contribution in [-0.4, -0.2) is 83.2 Å². The maximum atomic E-state index is 14.0. The predicted octanol–water partition coefficient (Wildman–Crippen LogP) is 1.89. The number of rotatable bonds is 12. The Morgan fingerprint density at radius 1 is 1.02 bits per heavy atom. The van der Waals surface area contributed by atoms with Crippen molar-refractivity contribution in [3.8, 4) is 17.2 Å². The molecule has 2 aromatic rings. The number of methoxy groups -OCH3 is 3. The third-order valence-corrected chi connectivity index (χ3v) is 7.19. The SMILES string of the molecule is COc1cc(C2=CN(C(C)=O)C(C(C)C)C(=O)N2CC(=O)[C@@H](Cc2ccccc2)C(N)(O)C(=O)O)cc(OC)c1OC. The number of aliphatic carboxylic acids is 1. The zero-order valence-corrected chi connectivity index (χ0v) is 24.5. The van der Waals surface area contributed by atoms with Crippen LogP contribution >= 0.6 is 0 Å². The molecular formula is C30H37N3O9. The molecule has 3 rings (SSSR count). The highest BCUT2D eigenvalue weighted by atomic mass is 16.5. The molecule has 1 aliphatic rings. The summed E-state index contributed by atoms with van der Waals surface area (Å²) in [6.07, 6.45) is 1.26. The van der Waals surface area contributed by atoms with Gasteiger partial charge in [-0.25, -0.2) is 4.79 Å². The summed E-state index contributed by atoms with van der Waals surface area (Å²) in [6.45, 7) is 4.21. The van der Waals surface area contributed by atoms with E-state index >= 15 is 0 Å². The van der Waals surface area contributed by atoms with Gasteiger partial charge in [0.25, 0.3) is 5.91 Å². The first-order chi connectivity index (χ1) is 19.8. The average molecular weight is 584 g/mol. The Morgan fingerprint density at radius 2 is 1.60 bits per heavy atom. The summed E-state index contributed by atoms with van der Waals surface area (Å²) in [7, 11) is 4.27. The molecule has 42 heavy (non-hydrogen) atoms. The fourth-order valence-corrected chi connectivity index (χ4v) is 4.97. The Bertz CT molecular complexity index is 1350. The monoisotopic (exact) mass is 583 g/mol. The van der Waals surface area contributed by atoms with E-state index in [1.54, 1.807) is 56.3 Å². The van der Waals surface area contributed by atoms with Crippen LogP contribution in [0.3, 0.4) is 0 Å². The number of carboxylic acid groups (broad SMARTS) is 1. The lowest BCUT2D eigenvalue weighted by atomic mass is 9.85. The van der Waals surface area contributed by atoms with E-state index in [0.717, 1.165) is 0 Å². The van der Waals surface area contributed by atoms with Crippen LogP contribution in [0.25, 0.3) is 5.70 Å². The second kappa shape index (κ2) is 13.0. The number of carboxylic acids is 1. The van der Waals surface area contributed by atoms with Crippen molar-refractivity contribution in [1.82, 2.24) is 9.80 Å². The Kier molecular flexibility index (Phi) is 9.97. The number of carbonyl (C=O) groups is 4. The highest BCUT2D eigenvalue weighted by Gasteiger charge is 2.47. The van der Waals surface area contributed by atoms with Crippen molar-refractivity contribution < 1.29 is 43.6 Å². The van der Waals surface area contributed by atoms with E-state index in [9.17, 15) is 29.4 Å². The number of ether oxygens (including phenoxy) is 3. The number of hydrogen-bond donors (Lipinski definition) is 3. The molecule has 0 saturated heterocycles. The van der Waals surface area contributed by atoms with Gasteiger partial charge in [-0.05, 0) is 30.0 Å². The normalized spacial score (nSPS) is 17.3. The highest BCUT2D eigenvalue weighted by molar-refractivity contribution is 6.01. The molecule has 12 heteroatoms. The van der Waals surface area contributed by atoms with Gasteiger partial charge in [0.05, 0.1) is 39.5 Å². The molecule has 0 bridgehead atoms. The van der Waals surface area contributed by atoms with E-state index in [-0.39, 0.29) is 35.3 Å². The van der Waals surface area contributed by atoms with Gasteiger partial charge in [-0.15, -0.1) is 0 Å². The molecule has 0 fully saturated rings. The Labute approximate surface area is 244 Å². The molecule has 4 N–H and O–H groups in total. The summed E-state index contributed by atoms with van der Waals surface area (Å²) < 4.78 is 16.3. The fraction of sp³-hybridized carbons (Fsp3) is 0.400. The molecular weight excluding hydrogens is 546 g/mol. The second-order valence-electron chi connectivity index (χ2n) is 10.3. The lowest BCUT2D eigenvalue weighted by molar-refractivity contribution is -0.168. The quantitative estimate of drug-likeness (QED) is 0.314. The first kappa shape index (κ1) is 32.1. The minimum absolute atomic E-state index is 0.147. The highest BCUT2D eigenvalue weighted by Crippen LogP contribution is 2.42. The van der Waals surface area contributed by atoms with Crippen LogP contribution in [0.15, 0.2) is 48.7 Å². The number of carbonyl (C=O) groups excluding carboxylic acids is 3. The summed E-state index contributed by atoms with van der Waals surface area (Å²) in [6, 6.07) is 10.7. The van der Waals surface area contributed by atoms with Gasteiger partial charge in [0.1, 0.15) is 6.04 Å². The van der Waals surface area contributed by atoms with Gasteiger partial charge < -0.3 is 34.2 Å². The van der Waals surface area contributed by atoms with Crippen molar-refractivity contribution in [3.05, 3.63) is 59.8 Å². The lowest BCUT2D eigenvalue weighted by Crippen LogP contribution is -2.60. The van der Waals surface area contributed by atoms with E-state index in [1.807, 2.05) is 0 Å². The van der Waals surface area contributed by atoms with E-state index < -0.39 is 47.8 Å². The molecule has 0 aliphatic carbocycles. The third kappa shape index (κ3) is 6.39. The Hall–Kier alpha value is -4.42. The van der Waals surface area contributed by atoms with Gasteiger partial charge >= 0.3 is 5.97 Å². The third-order valence-electron chi connectivity index (χ3n) is 7.19. The van der Waals surface area contributed by atoms with Gasteiger partial charge in [0.2, 0.25) is 17.4 Å². The summed E-state index contributed by atoms with van der Waals surface area (Å²) in [4.78, 5) is 55.0. The van der Waals surface area contributed by atoms with Gasteiger partial charge in [-0.1, -0.05) is 44.2 Å². The number of hydrogen-bond acceptors (Lipinski definition) is 9. The van der Waals surface area contributed by atoms with Crippen LogP contribution in [0, 0.1) is 11.8 Å². The molecule has 0 aromatic heterocycles. The number of amides is 2. The zero-order chi connectivity index (χ0) is 31.4. The molecule has 3 atom stereocenters. The minimum atomic E-state index is -2.93. The summed E-state index contributed by atoms with van der Waals surface area (Å²) in [5, 5.41) is 20.4. The van der Waals surface area contributed by atoms with Crippen LogP contribution in [0.1, 0.15) is 31.9 Å². The summed E-state index contributed by atoms with van der Waals surface area (Å²) in [5.74, 6) is -4.71. The number of aliphatic hydroxyl groups is 1. The molecule has 2 aromatic carbocycles. The molecule has 0 radical (unpaired) electrons. The summed E-state index contributed by atoms with van der Waals surface area (Å²) >= 11 is 0. The predicted molar refractivity (Wildman–Crippen MR) is 152 cm³/mol. The topological polar surface area (TPSA) is 169 Å². The number of Topliss-reactive ketones (excluding diaryl/α,β-unsaturated/α-hetero) is 1. The maximum Gasteiger partial charge on any atom is 0.351 e. The van der Waals surface area contributed by atoms with Crippen molar-refractivity contribution in [2.45, 2.75) is 39.0 Å². The van der Waals surface area contributed by atoms with Crippen LogP contribution in [0.5, 0.6) is 17.2 Å². The number of nitrogens with two attached hydrogens (primary N) is 1.